The van der Waals surface area contributed by atoms with E-state index in [1.807, 2.05) is 0 Å². The molecule has 0 saturated heterocycles. The molecule has 21 heavy (non-hydrogen) atoms. The third-order valence-corrected chi connectivity index (χ3v) is 5.13. The van der Waals surface area contributed by atoms with Gasteiger partial charge in [-0.25, -0.2) is 8.42 Å². The lowest BCUT2D eigenvalue weighted by molar-refractivity contribution is 0.600. The van der Waals surface area contributed by atoms with Crippen molar-refractivity contribution in [3.8, 4) is 0 Å². The van der Waals surface area contributed by atoms with E-state index in [0.717, 1.165) is 0 Å². The molecule has 0 bridgehead atoms. The number of sulfonamides is 1. The standard InChI is InChI=1S/C13H14BrN3O3S/c1-8-5-10(14)11(15)6-12(8)21(19,20)16-9-3-4-13(18)17(2)7-9/h3-7,16H,15H2,1-2H3. The topological polar surface area (TPSA) is 94.2 Å². The van der Waals surface area contributed by atoms with Crippen LogP contribution >= 0.6 is 15.9 Å². The summed E-state index contributed by atoms with van der Waals surface area (Å²) in [7, 11) is -2.23. The summed E-state index contributed by atoms with van der Waals surface area (Å²) in [6.07, 6.45) is 1.41. The zero-order valence-corrected chi connectivity index (χ0v) is 13.8. The summed E-state index contributed by atoms with van der Waals surface area (Å²) in [5.41, 5.74) is 6.72. The highest BCUT2D eigenvalue weighted by molar-refractivity contribution is 9.10. The third-order valence-electron chi connectivity index (χ3n) is 2.92. The van der Waals surface area contributed by atoms with Gasteiger partial charge in [-0.3, -0.25) is 9.52 Å². The fraction of sp³-hybridized carbons (Fsp3) is 0.154. The van der Waals surface area contributed by atoms with Crippen molar-refractivity contribution in [2.45, 2.75) is 11.8 Å². The molecule has 1 heterocycles. The minimum Gasteiger partial charge on any atom is -0.398 e. The zero-order valence-electron chi connectivity index (χ0n) is 11.4. The van der Waals surface area contributed by atoms with E-state index < -0.39 is 10.0 Å². The SMILES string of the molecule is Cc1cc(Br)c(N)cc1S(=O)(=O)Nc1ccc(=O)n(C)c1. The lowest BCUT2D eigenvalue weighted by Crippen LogP contribution is -2.19. The van der Waals surface area contributed by atoms with Gasteiger partial charge >= 0.3 is 0 Å². The summed E-state index contributed by atoms with van der Waals surface area (Å²) >= 11 is 3.25. The van der Waals surface area contributed by atoms with Crippen LogP contribution in [0, 0.1) is 6.92 Å². The van der Waals surface area contributed by atoms with Gasteiger partial charge < -0.3 is 10.3 Å². The van der Waals surface area contributed by atoms with Gasteiger partial charge in [-0.1, -0.05) is 0 Å². The maximum atomic E-state index is 12.4. The Morgan fingerprint density at radius 2 is 1.95 bits per heavy atom. The number of aromatic nitrogens is 1. The van der Waals surface area contributed by atoms with Crippen molar-refractivity contribution < 1.29 is 8.42 Å². The Labute approximate surface area is 130 Å². The molecule has 6 nitrogen and oxygen atoms in total. The Kier molecular flexibility index (Phi) is 4.11. The molecule has 8 heteroatoms. The van der Waals surface area contributed by atoms with Gasteiger partial charge in [-0.05, 0) is 46.6 Å². The van der Waals surface area contributed by atoms with E-state index in [9.17, 15) is 13.2 Å². The maximum Gasteiger partial charge on any atom is 0.262 e. The lowest BCUT2D eigenvalue weighted by Gasteiger charge is -2.12. The fourth-order valence-corrected chi connectivity index (χ4v) is 3.59. The van der Waals surface area contributed by atoms with Crippen molar-refractivity contribution in [3.05, 3.63) is 50.9 Å². The van der Waals surface area contributed by atoms with E-state index in [-0.39, 0.29) is 10.5 Å². The Hall–Kier alpha value is -1.80. The van der Waals surface area contributed by atoms with Crippen LogP contribution < -0.4 is 16.0 Å². The molecular weight excluding hydrogens is 358 g/mol. The predicted molar refractivity (Wildman–Crippen MR) is 85.8 cm³/mol. The van der Waals surface area contributed by atoms with Crippen LogP contribution in [-0.2, 0) is 17.1 Å². The minimum atomic E-state index is -3.78. The average molecular weight is 372 g/mol. The molecule has 3 N–H and O–H groups in total. The van der Waals surface area contributed by atoms with E-state index in [4.69, 9.17) is 5.73 Å². The highest BCUT2D eigenvalue weighted by Crippen LogP contribution is 2.27. The van der Waals surface area contributed by atoms with Crippen molar-refractivity contribution in [2.75, 3.05) is 10.5 Å². The smallest absolute Gasteiger partial charge is 0.262 e. The van der Waals surface area contributed by atoms with Gasteiger partial charge in [-0.2, -0.15) is 0 Å². The molecule has 0 aliphatic heterocycles. The number of nitrogens with two attached hydrogens (primary N) is 1. The Morgan fingerprint density at radius 3 is 2.57 bits per heavy atom. The molecule has 2 aromatic rings. The summed E-state index contributed by atoms with van der Waals surface area (Å²) in [6.45, 7) is 1.68. The van der Waals surface area contributed by atoms with E-state index >= 15 is 0 Å². The molecule has 0 aliphatic rings. The van der Waals surface area contributed by atoms with E-state index in [1.54, 1.807) is 20.0 Å². The number of hydrogen-bond acceptors (Lipinski definition) is 4. The van der Waals surface area contributed by atoms with Crippen molar-refractivity contribution in [3.63, 3.8) is 0 Å². The normalized spacial score (nSPS) is 11.4. The molecule has 0 fully saturated rings. The summed E-state index contributed by atoms with van der Waals surface area (Å²) in [5, 5.41) is 0. The number of rotatable bonds is 3. The van der Waals surface area contributed by atoms with E-state index in [2.05, 4.69) is 20.7 Å². The van der Waals surface area contributed by atoms with Crippen LogP contribution in [0.1, 0.15) is 5.56 Å². The molecule has 0 unspecified atom stereocenters. The van der Waals surface area contributed by atoms with Crippen LogP contribution in [0.3, 0.4) is 0 Å². The first kappa shape index (κ1) is 15.6. The maximum absolute atomic E-state index is 12.4. The molecule has 0 spiro atoms. The van der Waals surface area contributed by atoms with Gasteiger partial charge in [0.25, 0.3) is 10.0 Å². The number of nitrogens with one attached hydrogen (secondary N) is 1. The summed E-state index contributed by atoms with van der Waals surface area (Å²) in [4.78, 5) is 11.4. The van der Waals surface area contributed by atoms with Crippen LogP contribution in [0.15, 0.2) is 44.6 Å². The molecular formula is C13H14BrN3O3S. The predicted octanol–water partition coefficient (Wildman–Crippen LogP) is 1.84. The molecule has 0 saturated carbocycles. The second-order valence-corrected chi connectivity index (χ2v) is 7.12. The lowest BCUT2D eigenvalue weighted by atomic mass is 10.2. The largest absolute Gasteiger partial charge is 0.398 e. The van der Waals surface area contributed by atoms with Crippen molar-refractivity contribution in [1.82, 2.24) is 4.57 Å². The van der Waals surface area contributed by atoms with Crippen molar-refractivity contribution >= 4 is 37.3 Å². The minimum absolute atomic E-state index is 0.0945. The van der Waals surface area contributed by atoms with Crippen LogP contribution in [0.25, 0.3) is 0 Å². The van der Waals surface area contributed by atoms with Gasteiger partial charge in [0.15, 0.2) is 0 Å². The van der Waals surface area contributed by atoms with Crippen molar-refractivity contribution in [1.29, 1.82) is 0 Å². The second kappa shape index (κ2) is 5.53. The monoisotopic (exact) mass is 371 g/mol. The molecule has 112 valence electrons. The van der Waals surface area contributed by atoms with Crippen LogP contribution in [0.4, 0.5) is 11.4 Å². The highest BCUT2D eigenvalue weighted by Gasteiger charge is 2.18. The number of nitrogens with zero attached hydrogens (tertiary/aromatic N) is 1. The number of anilines is 2. The van der Waals surface area contributed by atoms with E-state index in [0.29, 0.717) is 21.4 Å². The summed E-state index contributed by atoms with van der Waals surface area (Å²) in [6, 6.07) is 5.74. The number of hydrogen-bond donors (Lipinski definition) is 2. The van der Waals surface area contributed by atoms with Crippen molar-refractivity contribution in [2.24, 2.45) is 7.05 Å². The third kappa shape index (κ3) is 3.27. The number of aryl methyl sites for hydroxylation is 2. The zero-order chi connectivity index (χ0) is 15.8. The first-order valence-corrected chi connectivity index (χ1v) is 8.23. The molecule has 0 atom stereocenters. The Morgan fingerprint density at radius 1 is 1.29 bits per heavy atom. The number of halogens is 1. The Bertz CT molecular complexity index is 859. The quantitative estimate of drug-likeness (QED) is 0.804. The molecule has 1 aromatic carbocycles. The Balaban J connectivity index is 2.45. The highest BCUT2D eigenvalue weighted by atomic mass is 79.9. The average Bonchev–Trinajstić information content (AvgIpc) is 2.37. The second-order valence-electron chi connectivity index (χ2n) is 4.61. The van der Waals surface area contributed by atoms with Gasteiger partial charge in [0.1, 0.15) is 0 Å². The van der Waals surface area contributed by atoms with Gasteiger partial charge in [0.2, 0.25) is 5.56 Å². The molecule has 0 amide bonds. The van der Waals surface area contributed by atoms with Crippen LogP contribution in [-0.4, -0.2) is 13.0 Å². The van der Waals surface area contributed by atoms with Gasteiger partial charge in [-0.15, -0.1) is 0 Å². The number of nitrogen functional groups attached to an aromatic ring is 1. The fourth-order valence-electron chi connectivity index (χ4n) is 1.82. The van der Waals surface area contributed by atoms with Gasteiger partial charge in [0.05, 0.1) is 10.6 Å². The summed E-state index contributed by atoms with van der Waals surface area (Å²) < 4.78 is 29.2. The molecule has 1 aromatic heterocycles. The van der Waals surface area contributed by atoms with Gasteiger partial charge in [0, 0.05) is 29.5 Å². The molecule has 2 rings (SSSR count). The number of benzene rings is 1. The van der Waals surface area contributed by atoms with Crippen LogP contribution in [0.5, 0.6) is 0 Å². The number of pyridine rings is 1. The van der Waals surface area contributed by atoms with Crippen LogP contribution in [0.2, 0.25) is 0 Å². The summed E-state index contributed by atoms with van der Waals surface area (Å²) in [5.74, 6) is 0. The van der Waals surface area contributed by atoms with E-state index in [1.165, 1.54) is 29.0 Å². The first-order valence-electron chi connectivity index (χ1n) is 5.96. The molecule has 0 radical (unpaired) electrons. The first-order chi connectivity index (χ1) is 9.70. The molecule has 0 aliphatic carbocycles.